The zero-order chi connectivity index (χ0) is 10.8. The van der Waals surface area contributed by atoms with Crippen LogP contribution >= 0.6 is 35.0 Å². The first-order chi connectivity index (χ1) is 7.16. The fourth-order valence-electron chi connectivity index (χ4n) is 1.49. The van der Waals surface area contributed by atoms with Crippen LogP contribution in [0.2, 0.25) is 10.0 Å². The van der Waals surface area contributed by atoms with Gasteiger partial charge >= 0.3 is 0 Å². The summed E-state index contributed by atoms with van der Waals surface area (Å²) in [4.78, 5) is 1.04. The molecule has 0 aromatic heterocycles. The van der Waals surface area contributed by atoms with Gasteiger partial charge in [-0.05, 0) is 18.2 Å². The third-order valence-corrected chi connectivity index (χ3v) is 4.36. The van der Waals surface area contributed by atoms with Crippen LogP contribution in [0.25, 0.3) is 0 Å². The number of benzene rings is 1. The lowest BCUT2D eigenvalue weighted by Crippen LogP contribution is -2.19. The van der Waals surface area contributed by atoms with Gasteiger partial charge in [0.05, 0.1) is 16.1 Å². The van der Waals surface area contributed by atoms with Gasteiger partial charge in [-0.25, -0.2) is 0 Å². The standard InChI is InChI=1S/C10H11Cl2NOS/c11-7-2-1-6(3-8(7)12)15-10-5-13-4-9(10)14/h1-3,9-10,13-14H,4-5H2. The summed E-state index contributed by atoms with van der Waals surface area (Å²) in [6.45, 7) is 1.49. The van der Waals surface area contributed by atoms with Crippen molar-refractivity contribution in [3.63, 3.8) is 0 Å². The number of β-amino-alcohol motifs (C(OH)–C–C–N with tert-alkyl or cyclic N) is 1. The molecule has 0 spiro atoms. The van der Waals surface area contributed by atoms with Crippen molar-refractivity contribution in [2.24, 2.45) is 0 Å². The molecular weight excluding hydrogens is 253 g/mol. The molecule has 1 aromatic carbocycles. The highest BCUT2D eigenvalue weighted by molar-refractivity contribution is 8.00. The molecule has 0 amide bonds. The van der Waals surface area contributed by atoms with E-state index in [9.17, 15) is 5.11 Å². The van der Waals surface area contributed by atoms with Crippen molar-refractivity contribution in [2.75, 3.05) is 13.1 Å². The summed E-state index contributed by atoms with van der Waals surface area (Å²) >= 11 is 13.4. The molecule has 2 atom stereocenters. The molecule has 1 aromatic rings. The number of halogens is 2. The van der Waals surface area contributed by atoms with Crippen molar-refractivity contribution in [1.82, 2.24) is 5.32 Å². The number of thioether (sulfide) groups is 1. The minimum absolute atomic E-state index is 0.197. The van der Waals surface area contributed by atoms with Crippen molar-refractivity contribution in [3.05, 3.63) is 28.2 Å². The Bertz CT molecular complexity index is 361. The molecule has 82 valence electrons. The molecule has 1 saturated heterocycles. The number of aliphatic hydroxyl groups is 1. The van der Waals surface area contributed by atoms with Crippen molar-refractivity contribution in [1.29, 1.82) is 0 Å². The molecule has 2 nitrogen and oxygen atoms in total. The Morgan fingerprint density at radius 1 is 1.27 bits per heavy atom. The van der Waals surface area contributed by atoms with Crippen molar-refractivity contribution < 1.29 is 5.11 Å². The van der Waals surface area contributed by atoms with Crippen LogP contribution in [0.5, 0.6) is 0 Å². The third-order valence-electron chi connectivity index (χ3n) is 2.31. The number of nitrogens with one attached hydrogen (secondary N) is 1. The highest BCUT2D eigenvalue weighted by atomic mass is 35.5. The predicted molar refractivity (Wildman–Crippen MR) is 65.0 cm³/mol. The van der Waals surface area contributed by atoms with Crippen molar-refractivity contribution >= 4 is 35.0 Å². The van der Waals surface area contributed by atoms with Gasteiger partial charge in [0.2, 0.25) is 0 Å². The van der Waals surface area contributed by atoms with Gasteiger partial charge in [-0.3, -0.25) is 0 Å². The van der Waals surface area contributed by atoms with E-state index in [4.69, 9.17) is 23.2 Å². The fraction of sp³-hybridized carbons (Fsp3) is 0.400. The van der Waals surface area contributed by atoms with E-state index in [0.717, 1.165) is 11.4 Å². The molecule has 2 rings (SSSR count). The van der Waals surface area contributed by atoms with Gasteiger partial charge in [0, 0.05) is 23.2 Å². The van der Waals surface area contributed by atoms with Gasteiger partial charge in [-0.2, -0.15) is 0 Å². The number of hydrogen-bond acceptors (Lipinski definition) is 3. The Morgan fingerprint density at radius 3 is 2.67 bits per heavy atom. The van der Waals surface area contributed by atoms with Crippen LogP contribution in [-0.2, 0) is 0 Å². The summed E-state index contributed by atoms with van der Waals surface area (Å²) in [7, 11) is 0. The molecule has 1 aliphatic heterocycles. The summed E-state index contributed by atoms with van der Waals surface area (Å²) in [5.74, 6) is 0. The van der Waals surface area contributed by atoms with Crippen molar-refractivity contribution in [3.8, 4) is 0 Å². The molecule has 15 heavy (non-hydrogen) atoms. The second-order valence-corrected chi connectivity index (χ2v) is 5.58. The summed E-state index contributed by atoms with van der Waals surface area (Å²) in [6.07, 6.45) is -0.288. The molecule has 2 unspecified atom stereocenters. The smallest absolute Gasteiger partial charge is 0.0798 e. The number of hydrogen-bond donors (Lipinski definition) is 2. The molecule has 0 radical (unpaired) electrons. The molecule has 5 heteroatoms. The second-order valence-electron chi connectivity index (χ2n) is 3.46. The third kappa shape index (κ3) is 2.80. The molecular formula is C10H11Cl2NOS. The molecule has 1 aliphatic rings. The van der Waals surface area contributed by atoms with E-state index in [1.165, 1.54) is 0 Å². The monoisotopic (exact) mass is 263 g/mol. The van der Waals surface area contributed by atoms with E-state index in [-0.39, 0.29) is 11.4 Å². The van der Waals surface area contributed by atoms with Gasteiger partial charge in [0.15, 0.2) is 0 Å². The quantitative estimate of drug-likeness (QED) is 0.860. The zero-order valence-corrected chi connectivity index (χ0v) is 10.2. The van der Waals surface area contributed by atoms with Crippen LogP contribution in [0, 0.1) is 0 Å². The number of aliphatic hydroxyl groups excluding tert-OH is 1. The summed E-state index contributed by atoms with van der Waals surface area (Å²) in [5.41, 5.74) is 0. The topological polar surface area (TPSA) is 32.3 Å². The van der Waals surface area contributed by atoms with E-state index in [1.54, 1.807) is 17.8 Å². The van der Waals surface area contributed by atoms with Crippen LogP contribution < -0.4 is 5.32 Å². The van der Waals surface area contributed by atoms with Gasteiger partial charge in [-0.1, -0.05) is 23.2 Å². The largest absolute Gasteiger partial charge is 0.391 e. The van der Waals surface area contributed by atoms with Crippen LogP contribution in [0.15, 0.2) is 23.1 Å². The normalized spacial score (nSPS) is 25.8. The molecule has 0 aliphatic carbocycles. The average Bonchev–Trinajstić information content (AvgIpc) is 2.59. The van der Waals surface area contributed by atoms with Crippen LogP contribution in [-0.4, -0.2) is 29.5 Å². The number of rotatable bonds is 2. The van der Waals surface area contributed by atoms with Gasteiger partial charge in [0.25, 0.3) is 0 Å². The highest BCUT2D eigenvalue weighted by Crippen LogP contribution is 2.32. The Labute approximate surface area is 103 Å². The minimum Gasteiger partial charge on any atom is -0.391 e. The van der Waals surface area contributed by atoms with E-state index in [0.29, 0.717) is 16.6 Å². The summed E-state index contributed by atoms with van der Waals surface area (Å²) < 4.78 is 0. The van der Waals surface area contributed by atoms with E-state index < -0.39 is 0 Å². The van der Waals surface area contributed by atoms with Crippen LogP contribution in [0.4, 0.5) is 0 Å². The van der Waals surface area contributed by atoms with Gasteiger partial charge in [0.1, 0.15) is 0 Å². The lowest BCUT2D eigenvalue weighted by Gasteiger charge is -2.12. The summed E-state index contributed by atoms with van der Waals surface area (Å²) in [6, 6.07) is 5.53. The molecule has 0 bridgehead atoms. The lowest BCUT2D eigenvalue weighted by molar-refractivity contribution is 0.201. The van der Waals surface area contributed by atoms with Gasteiger partial charge in [-0.15, -0.1) is 11.8 Å². The van der Waals surface area contributed by atoms with E-state index in [1.807, 2.05) is 12.1 Å². The zero-order valence-electron chi connectivity index (χ0n) is 7.91. The highest BCUT2D eigenvalue weighted by Gasteiger charge is 2.25. The SMILES string of the molecule is OC1CNCC1Sc1ccc(Cl)c(Cl)c1. The minimum atomic E-state index is -0.288. The second kappa shape index (κ2) is 4.93. The molecule has 2 N–H and O–H groups in total. The van der Waals surface area contributed by atoms with Crippen LogP contribution in [0.3, 0.4) is 0 Å². The fourth-order valence-corrected chi connectivity index (χ4v) is 2.99. The van der Waals surface area contributed by atoms with Crippen molar-refractivity contribution in [2.45, 2.75) is 16.2 Å². The maximum atomic E-state index is 9.63. The Hall–Kier alpha value is 0.0700. The average molecular weight is 264 g/mol. The maximum Gasteiger partial charge on any atom is 0.0798 e. The molecule has 0 saturated carbocycles. The van der Waals surface area contributed by atoms with Crippen LogP contribution in [0.1, 0.15) is 0 Å². The lowest BCUT2D eigenvalue weighted by atomic mass is 10.3. The van der Waals surface area contributed by atoms with E-state index >= 15 is 0 Å². The van der Waals surface area contributed by atoms with E-state index in [2.05, 4.69) is 5.32 Å². The Kier molecular flexibility index (Phi) is 3.80. The molecule has 1 heterocycles. The van der Waals surface area contributed by atoms with Gasteiger partial charge < -0.3 is 10.4 Å². The summed E-state index contributed by atoms with van der Waals surface area (Å²) in [5, 5.41) is 14.1. The first-order valence-electron chi connectivity index (χ1n) is 4.67. The predicted octanol–water partition coefficient (Wildman–Crippen LogP) is 2.42. The first-order valence-corrected chi connectivity index (χ1v) is 6.31. The molecule has 1 fully saturated rings. The maximum absolute atomic E-state index is 9.63. The Balaban J connectivity index is 2.07. The first kappa shape index (κ1) is 11.6. The Morgan fingerprint density at radius 2 is 2.07 bits per heavy atom.